The van der Waals surface area contributed by atoms with E-state index < -0.39 is 0 Å². The van der Waals surface area contributed by atoms with E-state index in [2.05, 4.69) is 20.1 Å². The van der Waals surface area contributed by atoms with Crippen molar-refractivity contribution in [2.75, 3.05) is 63.3 Å². The van der Waals surface area contributed by atoms with E-state index in [0.717, 1.165) is 56.1 Å². The number of amides is 2. The molecule has 9 heteroatoms. The quantitative estimate of drug-likeness (QED) is 0.502. The van der Waals surface area contributed by atoms with E-state index in [1.807, 2.05) is 47.4 Å². The normalized spacial score (nSPS) is 16.1. The molecule has 0 spiro atoms. The van der Waals surface area contributed by atoms with Crippen LogP contribution in [-0.2, 0) is 0 Å². The average molecular weight is 530 g/mol. The summed E-state index contributed by atoms with van der Waals surface area (Å²) in [6.07, 6.45) is 3.38. The number of hydrogen-bond acceptors (Lipinski definition) is 7. The Kier molecular flexibility index (Phi) is 8.15. The molecule has 204 valence electrons. The molecule has 1 aromatic heterocycles. The molecule has 0 aliphatic carbocycles. The third-order valence-electron chi connectivity index (χ3n) is 7.46. The van der Waals surface area contributed by atoms with Crippen molar-refractivity contribution in [3.63, 3.8) is 0 Å². The van der Waals surface area contributed by atoms with Gasteiger partial charge in [-0.2, -0.15) is 0 Å². The van der Waals surface area contributed by atoms with E-state index in [1.165, 1.54) is 0 Å². The SMILES string of the molecule is COc1cc(OC)cc(C(=O)NC2CCN(c3ccccc3C(=O)N3CCN(c4ccccn4)CC3)CC2)c1. The minimum Gasteiger partial charge on any atom is -0.497 e. The predicted molar refractivity (Wildman–Crippen MR) is 151 cm³/mol. The second-order valence-corrected chi connectivity index (χ2v) is 9.82. The van der Waals surface area contributed by atoms with Gasteiger partial charge in [0.1, 0.15) is 17.3 Å². The maximum atomic E-state index is 13.6. The Bertz CT molecular complexity index is 1260. The summed E-state index contributed by atoms with van der Waals surface area (Å²) in [5, 5.41) is 3.15. The van der Waals surface area contributed by atoms with Crippen molar-refractivity contribution in [1.82, 2.24) is 15.2 Å². The second kappa shape index (κ2) is 12.1. The largest absolute Gasteiger partial charge is 0.497 e. The lowest BCUT2D eigenvalue weighted by Crippen LogP contribution is -2.49. The zero-order chi connectivity index (χ0) is 27.2. The number of piperazine rings is 1. The van der Waals surface area contributed by atoms with E-state index in [0.29, 0.717) is 30.2 Å². The highest BCUT2D eigenvalue weighted by molar-refractivity contribution is 6.00. The van der Waals surface area contributed by atoms with Gasteiger partial charge in [0.2, 0.25) is 0 Å². The summed E-state index contributed by atoms with van der Waals surface area (Å²) in [7, 11) is 3.13. The number of nitrogens with one attached hydrogen (secondary N) is 1. The van der Waals surface area contributed by atoms with Crippen LogP contribution in [0.15, 0.2) is 66.9 Å². The van der Waals surface area contributed by atoms with Crippen molar-refractivity contribution < 1.29 is 19.1 Å². The number of aromatic nitrogens is 1. The lowest BCUT2D eigenvalue weighted by Gasteiger charge is -2.37. The van der Waals surface area contributed by atoms with Gasteiger partial charge in [-0.25, -0.2) is 4.98 Å². The zero-order valence-electron chi connectivity index (χ0n) is 22.5. The van der Waals surface area contributed by atoms with E-state index in [-0.39, 0.29) is 17.9 Å². The number of hydrogen-bond donors (Lipinski definition) is 1. The van der Waals surface area contributed by atoms with Crippen LogP contribution < -0.4 is 24.6 Å². The molecule has 5 rings (SSSR count). The number of benzene rings is 2. The van der Waals surface area contributed by atoms with Crippen molar-refractivity contribution in [1.29, 1.82) is 0 Å². The van der Waals surface area contributed by atoms with Crippen LogP contribution in [-0.4, -0.2) is 81.2 Å². The van der Waals surface area contributed by atoms with Gasteiger partial charge in [0.15, 0.2) is 0 Å². The van der Waals surface area contributed by atoms with Crippen molar-refractivity contribution >= 4 is 23.3 Å². The number of para-hydroxylation sites is 1. The fraction of sp³-hybridized carbons (Fsp3) is 0.367. The average Bonchev–Trinajstić information content (AvgIpc) is 3.01. The van der Waals surface area contributed by atoms with Gasteiger partial charge in [0.05, 0.1) is 19.8 Å². The maximum Gasteiger partial charge on any atom is 0.256 e. The molecular formula is C30H35N5O4. The fourth-order valence-electron chi connectivity index (χ4n) is 5.25. The molecule has 2 fully saturated rings. The molecule has 2 aliphatic rings. The Morgan fingerprint density at radius 3 is 2.13 bits per heavy atom. The maximum absolute atomic E-state index is 13.6. The Morgan fingerprint density at radius 1 is 0.821 bits per heavy atom. The van der Waals surface area contributed by atoms with Crippen molar-refractivity contribution in [2.24, 2.45) is 0 Å². The van der Waals surface area contributed by atoms with Crippen LogP contribution in [0.4, 0.5) is 11.5 Å². The molecule has 0 unspecified atom stereocenters. The van der Waals surface area contributed by atoms with Crippen LogP contribution in [0, 0.1) is 0 Å². The molecule has 3 aromatic rings. The van der Waals surface area contributed by atoms with Gasteiger partial charge in [0.25, 0.3) is 11.8 Å². The molecule has 1 N–H and O–H groups in total. The molecule has 2 aliphatic heterocycles. The topological polar surface area (TPSA) is 87.2 Å². The number of ether oxygens (including phenoxy) is 2. The smallest absolute Gasteiger partial charge is 0.256 e. The van der Waals surface area contributed by atoms with Gasteiger partial charge >= 0.3 is 0 Å². The monoisotopic (exact) mass is 529 g/mol. The van der Waals surface area contributed by atoms with E-state index in [9.17, 15) is 9.59 Å². The van der Waals surface area contributed by atoms with Gasteiger partial charge in [-0.15, -0.1) is 0 Å². The summed E-state index contributed by atoms with van der Waals surface area (Å²) in [4.78, 5) is 37.4. The lowest BCUT2D eigenvalue weighted by molar-refractivity contribution is 0.0747. The fourth-order valence-corrected chi connectivity index (χ4v) is 5.25. The van der Waals surface area contributed by atoms with Gasteiger partial charge < -0.3 is 29.5 Å². The van der Waals surface area contributed by atoms with Crippen LogP contribution >= 0.6 is 0 Å². The van der Waals surface area contributed by atoms with Gasteiger partial charge in [-0.05, 0) is 49.2 Å². The molecule has 0 bridgehead atoms. The highest BCUT2D eigenvalue weighted by Crippen LogP contribution is 2.27. The van der Waals surface area contributed by atoms with Crippen LogP contribution in [0.1, 0.15) is 33.6 Å². The van der Waals surface area contributed by atoms with Crippen LogP contribution in [0.2, 0.25) is 0 Å². The lowest BCUT2D eigenvalue weighted by atomic mass is 10.0. The molecule has 2 aromatic carbocycles. The number of anilines is 2. The first kappa shape index (κ1) is 26.3. The molecule has 3 heterocycles. The molecule has 0 atom stereocenters. The third-order valence-corrected chi connectivity index (χ3v) is 7.46. The summed E-state index contributed by atoms with van der Waals surface area (Å²) < 4.78 is 10.6. The molecule has 9 nitrogen and oxygen atoms in total. The van der Waals surface area contributed by atoms with Crippen molar-refractivity contribution in [3.8, 4) is 11.5 Å². The highest BCUT2D eigenvalue weighted by atomic mass is 16.5. The van der Waals surface area contributed by atoms with Crippen LogP contribution in [0.5, 0.6) is 11.5 Å². The first-order chi connectivity index (χ1) is 19.1. The molecule has 2 saturated heterocycles. The van der Waals surface area contributed by atoms with Gasteiger partial charge in [0, 0.05) is 68.8 Å². The Balaban J connectivity index is 1.19. The second-order valence-electron chi connectivity index (χ2n) is 9.82. The van der Waals surface area contributed by atoms with Crippen LogP contribution in [0.3, 0.4) is 0 Å². The summed E-state index contributed by atoms with van der Waals surface area (Å²) in [6.45, 7) is 4.35. The molecule has 0 radical (unpaired) electrons. The van der Waals surface area contributed by atoms with E-state index in [1.54, 1.807) is 38.6 Å². The molecule has 2 amide bonds. The van der Waals surface area contributed by atoms with Crippen LogP contribution in [0.25, 0.3) is 0 Å². The summed E-state index contributed by atoms with van der Waals surface area (Å²) >= 11 is 0. The number of nitrogens with zero attached hydrogens (tertiary/aromatic N) is 4. The number of methoxy groups -OCH3 is 2. The van der Waals surface area contributed by atoms with Gasteiger partial charge in [-0.1, -0.05) is 18.2 Å². The number of carbonyl (C=O) groups excluding carboxylic acids is 2. The Hall–Kier alpha value is -4.27. The van der Waals surface area contributed by atoms with Crippen molar-refractivity contribution in [2.45, 2.75) is 18.9 Å². The molecule has 0 saturated carbocycles. The molecule has 39 heavy (non-hydrogen) atoms. The number of rotatable bonds is 7. The number of pyridine rings is 1. The number of carbonyl (C=O) groups is 2. The summed E-state index contributed by atoms with van der Waals surface area (Å²) in [5.74, 6) is 2.02. The Labute approximate surface area is 229 Å². The zero-order valence-corrected chi connectivity index (χ0v) is 22.5. The predicted octanol–water partition coefficient (Wildman–Crippen LogP) is 3.46. The first-order valence-corrected chi connectivity index (χ1v) is 13.4. The summed E-state index contributed by atoms with van der Waals surface area (Å²) in [6, 6.07) is 19.0. The summed E-state index contributed by atoms with van der Waals surface area (Å²) in [5.41, 5.74) is 2.19. The standard InChI is InChI=1S/C30H35N5O4/c1-38-24-19-22(20-25(21-24)39-2)29(36)32-23-10-13-33(14-11-23)27-8-4-3-7-26(27)30(37)35-17-15-34(16-18-35)28-9-5-6-12-31-28/h3-9,12,19-21,23H,10-11,13-18H2,1-2H3,(H,32,36). The first-order valence-electron chi connectivity index (χ1n) is 13.4. The minimum atomic E-state index is -0.147. The highest BCUT2D eigenvalue weighted by Gasteiger charge is 2.28. The minimum absolute atomic E-state index is 0.0495. The van der Waals surface area contributed by atoms with E-state index in [4.69, 9.17) is 9.47 Å². The Morgan fingerprint density at radius 2 is 1.49 bits per heavy atom. The number of piperidine rings is 1. The van der Waals surface area contributed by atoms with Gasteiger partial charge in [-0.3, -0.25) is 9.59 Å². The third kappa shape index (κ3) is 6.08. The molecular weight excluding hydrogens is 494 g/mol. The van der Waals surface area contributed by atoms with Crippen molar-refractivity contribution in [3.05, 3.63) is 78.0 Å². The van der Waals surface area contributed by atoms with E-state index >= 15 is 0 Å².